The van der Waals surface area contributed by atoms with Crippen molar-refractivity contribution in [2.75, 3.05) is 13.1 Å². The molecule has 2 aliphatic rings. The Labute approximate surface area is 187 Å². The fourth-order valence-electron chi connectivity index (χ4n) is 4.58. The Morgan fingerprint density at radius 1 is 1.19 bits per heavy atom. The fraction of sp³-hybridized carbons (Fsp3) is 0.417. The maximum absolute atomic E-state index is 12.3. The van der Waals surface area contributed by atoms with Crippen LogP contribution in [0.4, 0.5) is 0 Å². The zero-order valence-corrected chi connectivity index (χ0v) is 18.3. The van der Waals surface area contributed by atoms with E-state index in [9.17, 15) is 4.79 Å². The molecule has 1 unspecified atom stereocenters. The van der Waals surface area contributed by atoms with Gasteiger partial charge in [-0.15, -0.1) is 5.10 Å². The summed E-state index contributed by atoms with van der Waals surface area (Å²) < 4.78 is 8.39. The third-order valence-corrected chi connectivity index (χ3v) is 6.30. The summed E-state index contributed by atoms with van der Waals surface area (Å²) in [5.41, 5.74) is 4.35. The number of aromatic nitrogens is 4. The predicted octanol–water partition coefficient (Wildman–Crippen LogP) is 2.48. The number of likely N-dealkylation sites (tertiary alicyclic amines) is 1. The van der Waals surface area contributed by atoms with Crippen molar-refractivity contribution in [2.24, 2.45) is 0 Å². The second-order valence-corrected chi connectivity index (χ2v) is 8.80. The number of amides is 1. The van der Waals surface area contributed by atoms with Gasteiger partial charge in [-0.05, 0) is 50.1 Å². The number of benzene rings is 1. The minimum atomic E-state index is -0.256. The summed E-state index contributed by atoms with van der Waals surface area (Å²) in [5, 5.41) is 11.6. The van der Waals surface area contributed by atoms with Gasteiger partial charge in [0.05, 0.1) is 31.1 Å². The Hall–Kier alpha value is -3.10. The standard InChI is InChI=1S/C24H28N6O2/c1-18-8-9-20(25-12-18)14-29-11-5-10-24(16-29)17-30-22(15-32-24)21(27-28-30)13-26-23(31)19-6-3-2-4-7-19/h2-4,6-9,12H,5,10-11,13-17H2,1H3,(H,26,31). The Bertz CT molecular complexity index is 1080. The molecule has 0 aliphatic carbocycles. The molecule has 1 N–H and O–H groups in total. The molecule has 0 radical (unpaired) electrons. The molecule has 1 fully saturated rings. The van der Waals surface area contributed by atoms with Crippen LogP contribution in [0.25, 0.3) is 0 Å². The van der Waals surface area contributed by atoms with Gasteiger partial charge < -0.3 is 10.1 Å². The molecule has 8 heteroatoms. The molecule has 166 valence electrons. The van der Waals surface area contributed by atoms with Crippen LogP contribution >= 0.6 is 0 Å². The van der Waals surface area contributed by atoms with E-state index in [1.54, 1.807) is 12.1 Å². The number of carbonyl (C=O) groups is 1. The molecule has 1 spiro atoms. The van der Waals surface area contributed by atoms with Crippen LogP contribution in [0, 0.1) is 6.92 Å². The van der Waals surface area contributed by atoms with Crippen LogP contribution in [-0.2, 0) is 31.0 Å². The normalized spacial score (nSPS) is 20.8. The topological polar surface area (TPSA) is 85.2 Å². The van der Waals surface area contributed by atoms with Crippen LogP contribution < -0.4 is 5.32 Å². The number of ether oxygens (including phenoxy) is 1. The molecule has 1 atom stereocenters. The summed E-state index contributed by atoms with van der Waals surface area (Å²) in [7, 11) is 0. The second-order valence-electron chi connectivity index (χ2n) is 8.80. The van der Waals surface area contributed by atoms with Gasteiger partial charge in [-0.25, -0.2) is 4.68 Å². The van der Waals surface area contributed by atoms with Crippen LogP contribution in [0.1, 0.15) is 45.8 Å². The van der Waals surface area contributed by atoms with Gasteiger partial charge in [-0.3, -0.25) is 14.7 Å². The van der Waals surface area contributed by atoms with Crippen LogP contribution in [-0.4, -0.2) is 49.5 Å². The van der Waals surface area contributed by atoms with Crippen molar-refractivity contribution in [3.63, 3.8) is 0 Å². The number of fused-ring (bicyclic) bond motifs is 1. The lowest BCUT2D eigenvalue weighted by atomic mass is 9.91. The first-order valence-electron chi connectivity index (χ1n) is 11.1. The van der Waals surface area contributed by atoms with Crippen molar-refractivity contribution in [1.29, 1.82) is 0 Å². The molecule has 1 saturated heterocycles. The smallest absolute Gasteiger partial charge is 0.251 e. The van der Waals surface area contributed by atoms with Crippen LogP contribution in [0.15, 0.2) is 48.7 Å². The molecule has 5 rings (SSSR count). The van der Waals surface area contributed by atoms with E-state index in [1.165, 1.54) is 5.56 Å². The van der Waals surface area contributed by atoms with Gasteiger partial charge in [-0.2, -0.15) is 0 Å². The van der Waals surface area contributed by atoms with Crippen LogP contribution in [0.3, 0.4) is 0 Å². The SMILES string of the molecule is Cc1ccc(CN2CCCC3(C2)Cn2nnc(CNC(=O)c4ccccc4)c2CO3)nc1. The highest BCUT2D eigenvalue weighted by molar-refractivity contribution is 5.94. The number of pyridine rings is 1. The first-order valence-corrected chi connectivity index (χ1v) is 11.1. The predicted molar refractivity (Wildman–Crippen MR) is 119 cm³/mol. The first kappa shape index (κ1) is 20.8. The highest BCUT2D eigenvalue weighted by atomic mass is 16.5. The molecule has 4 heterocycles. The number of aryl methyl sites for hydroxylation is 1. The molecule has 1 aromatic carbocycles. The van der Waals surface area contributed by atoms with Crippen molar-refractivity contribution < 1.29 is 9.53 Å². The maximum Gasteiger partial charge on any atom is 0.251 e. The molecule has 32 heavy (non-hydrogen) atoms. The average molecular weight is 433 g/mol. The van der Waals surface area contributed by atoms with E-state index in [2.05, 4.69) is 44.6 Å². The van der Waals surface area contributed by atoms with Gasteiger partial charge in [-0.1, -0.05) is 29.5 Å². The molecule has 0 bridgehead atoms. The van der Waals surface area contributed by atoms with Gasteiger partial charge in [0.25, 0.3) is 5.91 Å². The summed E-state index contributed by atoms with van der Waals surface area (Å²) in [6.45, 7) is 6.25. The maximum atomic E-state index is 12.3. The lowest BCUT2D eigenvalue weighted by Crippen LogP contribution is -2.54. The number of carbonyl (C=O) groups excluding carboxylic acids is 1. The highest BCUT2D eigenvalue weighted by Gasteiger charge is 2.41. The molecule has 2 aromatic heterocycles. The van der Waals surface area contributed by atoms with Crippen molar-refractivity contribution in [1.82, 2.24) is 30.2 Å². The Balaban J connectivity index is 1.22. The summed E-state index contributed by atoms with van der Waals surface area (Å²) in [6, 6.07) is 13.4. The monoisotopic (exact) mass is 432 g/mol. The van der Waals surface area contributed by atoms with Gasteiger partial charge in [0.1, 0.15) is 11.3 Å². The number of nitrogens with one attached hydrogen (secondary N) is 1. The van der Waals surface area contributed by atoms with E-state index >= 15 is 0 Å². The van der Waals surface area contributed by atoms with E-state index in [4.69, 9.17) is 4.74 Å². The van der Waals surface area contributed by atoms with Gasteiger partial charge >= 0.3 is 0 Å². The number of piperidine rings is 1. The molecule has 3 aromatic rings. The number of hydrogen-bond acceptors (Lipinski definition) is 6. The summed E-state index contributed by atoms with van der Waals surface area (Å²) in [4.78, 5) is 19.3. The minimum Gasteiger partial charge on any atom is -0.365 e. The van der Waals surface area contributed by atoms with Gasteiger partial charge in [0, 0.05) is 24.8 Å². The van der Waals surface area contributed by atoms with Crippen molar-refractivity contribution >= 4 is 5.91 Å². The molecular weight excluding hydrogens is 404 g/mol. The number of rotatable bonds is 5. The Morgan fingerprint density at radius 2 is 2.06 bits per heavy atom. The molecule has 2 aliphatic heterocycles. The molecule has 1 amide bonds. The van der Waals surface area contributed by atoms with Gasteiger partial charge in [0.15, 0.2) is 0 Å². The lowest BCUT2D eigenvalue weighted by Gasteiger charge is -2.44. The van der Waals surface area contributed by atoms with Crippen molar-refractivity contribution in [2.45, 2.75) is 51.6 Å². The number of hydrogen-bond donors (Lipinski definition) is 1. The third-order valence-electron chi connectivity index (χ3n) is 6.30. The highest BCUT2D eigenvalue weighted by Crippen LogP contribution is 2.32. The quantitative estimate of drug-likeness (QED) is 0.667. The Morgan fingerprint density at radius 3 is 2.88 bits per heavy atom. The second kappa shape index (κ2) is 8.80. The van der Waals surface area contributed by atoms with Gasteiger partial charge in [0.2, 0.25) is 0 Å². The van der Waals surface area contributed by atoms with Crippen molar-refractivity contribution in [3.8, 4) is 0 Å². The van der Waals surface area contributed by atoms with Crippen molar-refractivity contribution in [3.05, 3.63) is 76.9 Å². The fourth-order valence-corrected chi connectivity index (χ4v) is 4.58. The molecular formula is C24H28N6O2. The Kier molecular flexibility index (Phi) is 5.71. The zero-order valence-electron chi connectivity index (χ0n) is 18.3. The van der Waals surface area contributed by atoms with E-state index in [0.29, 0.717) is 25.3 Å². The summed E-state index contributed by atoms with van der Waals surface area (Å²) in [6.07, 6.45) is 4.01. The van der Waals surface area contributed by atoms with Crippen LogP contribution in [0.2, 0.25) is 0 Å². The molecule has 0 saturated carbocycles. The third kappa shape index (κ3) is 4.42. The average Bonchev–Trinajstić information content (AvgIpc) is 3.21. The largest absolute Gasteiger partial charge is 0.365 e. The van der Waals surface area contributed by atoms with E-state index in [-0.39, 0.29) is 11.5 Å². The van der Waals surface area contributed by atoms with Crippen LogP contribution in [0.5, 0.6) is 0 Å². The van der Waals surface area contributed by atoms with E-state index < -0.39 is 0 Å². The van der Waals surface area contributed by atoms with E-state index in [0.717, 1.165) is 49.6 Å². The summed E-state index contributed by atoms with van der Waals surface area (Å²) in [5.74, 6) is -0.117. The zero-order chi connectivity index (χ0) is 22.0. The molecule has 8 nitrogen and oxygen atoms in total. The van der Waals surface area contributed by atoms with E-state index in [1.807, 2.05) is 29.1 Å². The first-order chi connectivity index (χ1) is 15.6. The lowest BCUT2D eigenvalue weighted by molar-refractivity contribution is -0.130. The minimum absolute atomic E-state index is 0.117. The number of nitrogens with zero attached hydrogens (tertiary/aromatic N) is 5. The summed E-state index contributed by atoms with van der Waals surface area (Å²) >= 11 is 0.